The molecule has 1 fully saturated rings. The molecule has 1 saturated heterocycles. The summed E-state index contributed by atoms with van der Waals surface area (Å²) in [6.07, 6.45) is 0. The van der Waals surface area contributed by atoms with Crippen LogP contribution < -0.4 is 19.7 Å². The number of piperazine rings is 1. The summed E-state index contributed by atoms with van der Waals surface area (Å²) in [7, 11) is 1.60. The quantitative estimate of drug-likeness (QED) is 0.815. The van der Waals surface area contributed by atoms with Gasteiger partial charge in [0.15, 0.2) is 11.5 Å². The van der Waals surface area contributed by atoms with Gasteiger partial charge in [-0.3, -0.25) is 0 Å². The van der Waals surface area contributed by atoms with Gasteiger partial charge in [0.05, 0.1) is 25.0 Å². The number of ether oxygens (including phenoxy) is 2. The van der Waals surface area contributed by atoms with Gasteiger partial charge < -0.3 is 24.6 Å². The normalized spacial score (nSPS) is 13.6. The first-order valence-corrected chi connectivity index (χ1v) is 9.73. The molecule has 0 aromatic heterocycles. The Bertz CT molecular complexity index is 886. The second kappa shape index (κ2) is 9.69. The van der Waals surface area contributed by atoms with Gasteiger partial charge in [0.2, 0.25) is 0 Å². The topological polar surface area (TPSA) is 77.8 Å². The van der Waals surface area contributed by atoms with Crippen LogP contribution >= 0.6 is 0 Å². The van der Waals surface area contributed by atoms with Crippen LogP contribution in [-0.2, 0) is 6.54 Å². The van der Waals surface area contributed by atoms with E-state index < -0.39 is 0 Å². The molecule has 7 heteroatoms. The summed E-state index contributed by atoms with van der Waals surface area (Å²) in [4.78, 5) is 16.6. The molecule has 2 amide bonds. The van der Waals surface area contributed by atoms with Crippen LogP contribution in [0.1, 0.15) is 18.1 Å². The highest BCUT2D eigenvalue weighted by molar-refractivity contribution is 5.75. The van der Waals surface area contributed by atoms with Crippen molar-refractivity contribution in [3.8, 4) is 17.6 Å². The van der Waals surface area contributed by atoms with Gasteiger partial charge in [-0.1, -0.05) is 24.3 Å². The van der Waals surface area contributed by atoms with Crippen molar-refractivity contribution in [2.24, 2.45) is 0 Å². The van der Waals surface area contributed by atoms with E-state index in [0.717, 1.165) is 11.3 Å². The number of hydrogen-bond donors (Lipinski definition) is 1. The van der Waals surface area contributed by atoms with Crippen LogP contribution in [0.4, 0.5) is 10.5 Å². The van der Waals surface area contributed by atoms with Gasteiger partial charge >= 0.3 is 6.03 Å². The summed E-state index contributed by atoms with van der Waals surface area (Å²) in [6.45, 7) is 5.38. The number of hydrogen-bond acceptors (Lipinski definition) is 5. The van der Waals surface area contributed by atoms with E-state index in [0.29, 0.717) is 56.4 Å². The number of nitrogens with zero attached hydrogens (tertiary/aromatic N) is 3. The number of nitriles is 1. The predicted octanol–water partition coefficient (Wildman–Crippen LogP) is 3.00. The van der Waals surface area contributed by atoms with Crippen LogP contribution in [0.15, 0.2) is 42.5 Å². The van der Waals surface area contributed by atoms with E-state index in [2.05, 4.69) is 16.3 Å². The maximum absolute atomic E-state index is 12.6. The number of urea groups is 1. The maximum Gasteiger partial charge on any atom is 0.317 e. The van der Waals surface area contributed by atoms with E-state index in [4.69, 9.17) is 9.47 Å². The highest BCUT2D eigenvalue weighted by Crippen LogP contribution is 2.31. The number of carbonyl (C=O) groups is 1. The van der Waals surface area contributed by atoms with Crippen molar-refractivity contribution in [3.63, 3.8) is 0 Å². The first kappa shape index (κ1) is 20.3. The van der Waals surface area contributed by atoms with Crippen LogP contribution in [0.25, 0.3) is 0 Å². The molecule has 29 heavy (non-hydrogen) atoms. The second-order valence-electron chi connectivity index (χ2n) is 6.64. The molecule has 1 aliphatic heterocycles. The number of carbonyl (C=O) groups excluding carboxylic acids is 1. The lowest BCUT2D eigenvalue weighted by atomic mass is 10.1. The molecule has 0 spiro atoms. The molecule has 1 aliphatic rings. The second-order valence-corrected chi connectivity index (χ2v) is 6.64. The van der Waals surface area contributed by atoms with Crippen molar-refractivity contribution >= 4 is 11.7 Å². The number of methoxy groups -OCH3 is 1. The zero-order valence-electron chi connectivity index (χ0n) is 16.9. The third kappa shape index (κ3) is 4.72. The maximum atomic E-state index is 12.6. The van der Waals surface area contributed by atoms with Gasteiger partial charge in [-0.2, -0.15) is 5.26 Å². The predicted molar refractivity (Wildman–Crippen MR) is 111 cm³/mol. The van der Waals surface area contributed by atoms with Crippen molar-refractivity contribution in [1.29, 1.82) is 5.26 Å². The zero-order valence-corrected chi connectivity index (χ0v) is 16.9. The van der Waals surface area contributed by atoms with E-state index in [1.807, 2.05) is 49.4 Å². The Hall–Kier alpha value is -3.40. The fourth-order valence-corrected chi connectivity index (χ4v) is 3.45. The minimum Gasteiger partial charge on any atom is -0.493 e. The van der Waals surface area contributed by atoms with E-state index in [-0.39, 0.29) is 6.03 Å². The summed E-state index contributed by atoms with van der Waals surface area (Å²) in [5.74, 6) is 1.32. The van der Waals surface area contributed by atoms with Crippen LogP contribution in [0.5, 0.6) is 11.5 Å². The van der Waals surface area contributed by atoms with E-state index in [9.17, 15) is 10.1 Å². The largest absolute Gasteiger partial charge is 0.493 e. The molecule has 0 bridgehead atoms. The molecule has 0 aliphatic carbocycles. The Morgan fingerprint density at radius 1 is 1.14 bits per heavy atom. The minimum absolute atomic E-state index is 0.108. The van der Waals surface area contributed by atoms with Crippen molar-refractivity contribution in [2.75, 3.05) is 44.8 Å². The number of rotatable bonds is 6. The smallest absolute Gasteiger partial charge is 0.317 e. The Morgan fingerprint density at radius 2 is 1.90 bits per heavy atom. The fraction of sp³-hybridized carbons (Fsp3) is 0.364. The van der Waals surface area contributed by atoms with Crippen molar-refractivity contribution < 1.29 is 14.3 Å². The summed E-state index contributed by atoms with van der Waals surface area (Å²) >= 11 is 0. The monoisotopic (exact) mass is 394 g/mol. The molecule has 7 nitrogen and oxygen atoms in total. The Kier molecular flexibility index (Phi) is 6.80. The van der Waals surface area contributed by atoms with Crippen molar-refractivity contribution in [1.82, 2.24) is 10.2 Å². The third-order valence-electron chi connectivity index (χ3n) is 4.93. The molecule has 0 saturated carbocycles. The van der Waals surface area contributed by atoms with E-state index in [1.165, 1.54) is 0 Å². The fourth-order valence-electron chi connectivity index (χ4n) is 3.45. The lowest BCUT2D eigenvalue weighted by Crippen LogP contribution is -2.51. The zero-order chi connectivity index (χ0) is 20.6. The van der Waals surface area contributed by atoms with Crippen LogP contribution in [0, 0.1) is 11.3 Å². The highest BCUT2D eigenvalue weighted by atomic mass is 16.5. The van der Waals surface area contributed by atoms with Gasteiger partial charge in [-0.05, 0) is 25.1 Å². The number of amides is 2. The lowest BCUT2D eigenvalue weighted by molar-refractivity contribution is 0.193. The average Bonchev–Trinajstić information content (AvgIpc) is 2.78. The molecule has 0 radical (unpaired) electrons. The molecule has 1 N–H and O–H groups in total. The SMILES string of the molecule is CCOc1c(CNC(=O)N2CCN(c3ccccc3C#N)CC2)cccc1OC. The van der Waals surface area contributed by atoms with Gasteiger partial charge in [-0.25, -0.2) is 4.79 Å². The Labute approximate surface area is 171 Å². The van der Waals surface area contributed by atoms with E-state index in [1.54, 1.807) is 12.0 Å². The Morgan fingerprint density at radius 3 is 2.59 bits per heavy atom. The molecular weight excluding hydrogens is 368 g/mol. The van der Waals surface area contributed by atoms with Crippen LogP contribution in [0.3, 0.4) is 0 Å². The van der Waals surface area contributed by atoms with Crippen LogP contribution in [-0.4, -0.2) is 50.8 Å². The lowest BCUT2D eigenvalue weighted by Gasteiger charge is -2.36. The highest BCUT2D eigenvalue weighted by Gasteiger charge is 2.22. The molecule has 0 atom stereocenters. The summed E-state index contributed by atoms with van der Waals surface area (Å²) in [5, 5.41) is 12.3. The van der Waals surface area contributed by atoms with Gasteiger partial charge in [0.1, 0.15) is 6.07 Å². The average molecular weight is 394 g/mol. The minimum atomic E-state index is -0.108. The van der Waals surface area contributed by atoms with Crippen molar-refractivity contribution in [2.45, 2.75) is 13.5 Å². The number of para-hydroxylation sites is 2. The summed E-state index contributed by atoms with van der Waals surface area (Å²) in [6, 6.07) is 15.3. The number of anilines is 1. The first-order chi connectivity index (χ1) is 14.2. The summed E-state index contributed by atoms with van der Waals surface area (Å²) in [5.41, 5.74) is 2.46. The molecular formula is C22H26N4O3. The molecule has 3 rings (SSSR count). The van der Waals surface area contributed by atoms with Gasteiger partial charge in [0.25, 0.3) is 0 Å². The van der Waals surface area contributed by atoms with Gasteiger partial charge in [-0.15, -0.1) is 0 Å². The molecule has 2 aromatic rings. The summed E-state index contributed by atoms with van der Waals surface area (Å²) < 4.78 is 11.1. The van der Waals surface area contributed by atoms with Crippen LogP contribution in [0.2, 0.25) is 0 Å². The number of nitrogens with one attached hydrogen (secondary N) is 1. The van der Waals surface area contributed by atoms with Gasteiger partial charge in [0, 0.05) is 38.3 Å². The molecule has 152 valence electrons. The van der Waals surface area contributed by atoms with Crippen molar-refractivity contribution in [3.05, 3.63) is 53.6 Å². The molecule has 0 unspecified atom stereocenters. The van der Waals surface area contributed by atoms with E-state index >= 15 is 0 Å². The molecule has 1 heterocycles. The molecule has 2 aromatic carbocycles. The first-order valence-electron chi connectivity index (χ1n) is 9.73. The Balaban J connectivity index is 1.58. The third-order valence-corrected chi connectivity index (χ3v) is 4.93. The standard InChI is InChI=1S/C22H26N4O3/c1-3-29-21-18(8-6-10-20(21)28-2)16-24-22(27)26-13-11-25(12-14-26)19-9-5-4-7-17(19)15-23/h4-10H,3,11-14,16H2,1-2H3,(H,24,27). The number of benzene rings is 2.